The van der Waals surface area contributed by atoms with Gasteiger partial charge in [-0.1, -0.05) is 6.07 Å². The number of nitrogens with one attached hydrogen (secondary N) is 3. The number of urea groups is 1. The Bertz CT molecular complexity index is 852. The predicted octanol–water partition coefficient (Wildman–Crippen LogP) is 3.29. The number of ether oxygens (including phenoxy) is 2. The molecule has 1 aromatic rings. The lowest BCUT2D eigenvalue weighted by molar-refractivity contribution is -0.00905. The summed E-state index contributed by atoms with van der Waals surface area (Å²) < 4.78 is 25.7. The molecule has 0 aliphatic carbocycles. The first kappa shape index (κ1) is 28.1. The van der Waals surface area contributed by atoms with Gasteiger partial charge in [-0.05, 0) is 75.3 Å². The van der Waals surface area contributed by atoms with Gasteiger partial charge in [0.15, 0.2) is 0 Å². The summed E-state index contributed by atoms with van der Waals surface area (Å²) in [5.74, 6) is 0.161. The molecule has 3 amide bonds. The Kier molecular flexibility index (Phi) is 11.2. The third-order valence-corrected chi connectivity index (χ3v) is 7.13. The number of hydrogen-bond donors (Lipinski definition) is 4. The third kappa shape index (κ3) is 8.60. The van der Waals surface area contributed by atoms with E-state index in [0.717, 1.165) is 56.4 Å². The van der Waals surface area contributed by atoms with Crippen LogP contribution in [-0.4, -0.2) is 81.2 Å². The van der Waals surface area contributed by atoms with Crippen molar-refractivity contribution in [3.8, 4) is 0 Å². The summed E-state index contributed by atoms with van der Waals surface area (Å²) in [5.41, 5.74) is 1.64. The van der Waals surface area contributed by atoms with E-state index in [4.69, 9.17) is 14.6 Å². The monoisotopic (exact) mass is 508 g/mol. The van der Waals surface area contributed by atoms with Gasteiger partial charge < -0.3 is 35.4 Å². The second kappa shape index (κ2) is 14.3. The minimum absolute atomic E-state index is 0.0329. The highest BCUT2D eigenvalue weighted by Gasteiger charge is 2.33. The molecule has 10 heteroatoms. The van der Waals surface area contributed by atoms with Crippen LogP contribution in [0.5, 0.6) is 0 Å². The van der Waals surface area contributed by atoms with Crippen LogP contribution in [0.25, 0.3) is 0 Å². The molecule has 0 bridgehead atoms. The van der Waals surface area contributed by atoms with E-state index in [0.29, 0.717) is 25.6 Å². The summed E-state index contributed by atoms with van der Waals surface area (Å²) >= 11 is 0. The Morgan fingerprint density at radius 2 is 2.06 bits per heavy atom. The van der Waals surface area contributed by atoms with Gasteiger partial charge in [0.05, 0.1) is 12.7 Å². The van der Waals surface area contributed by atoms with Gasteiger partial charge in [0.25, 0.3) is 0 Å². The molecule has 2 heterocycles. The number of piperidine rings is 1. The summed E-state index contributed by atoms with van der Waals surface area (Å²) in [7, 11) is 1.89. The summed E-state index contributed by atoms with van der Waals surface area (Å²) in [6.07, 6.45) is 3.04. The van der Waals surface area contributed by atoms with Crippen molar-refractivity contribution >= 4 is 12.1 Å². The molecule has 1 aromatic carbocycles. The van der Waals surface area contributed by atoms with Gasteiger partial charge in [0, 0.05) is 51.4 Å². The molecule has 0 radical (unpaired) electrons. The van der Waals surface area contributed by atoms with Crippen molar-refractivity contribution in [3.63, 3.8) is 0 Å². The number of benzene rings is 1. The zero-order chi connectivity index (χ0) is 25.9. The first-order valence-electron chi connectivity index (χ1n) is 13.0. The van der Waals surface area contributed by atoms with Gasteiger partial charge in [0.2, 0.25) is 0 Å². The molecule has 3 rings (SSSR count). The standard InChI is InChI=1S/C26H41FN4O5/c1-18-5-6-21(27)15-23(18)24(36-13-9-29-26(33)34)20-4-3-10-31(17-20)25(32)30-22(16-28-2)14-19-7-11-35-12-8-19/h5-6,15,19-20,22,24,28-29H,3-4,7-14,16-17H2,1-2H3,(H,30,32)(H,33,34)/t20-,22+,24?/m1/s1. The molecule has 1 unspecified atom stereocenters. The van der Waals surface area contributed by atoms with Gasteiger partial charge in [0.1, 0.15) is 5.82 Å². The highest BCUT2D eigenvalue weighted by Crippen LogP contribution is 2.35. The van der Waals surface area contributed by atoms with E-state index in [1.165, 1.54) is 12.1 Å². The van der Waals surface area contributed by atoms with Gasteiger partial charge in [-0.3, -0.25) is 0 Å². The third-order valence-electron chi connectivity index (χ3n) is 7.13. The zero-order valence-electron chi connectivity index (χ0n) is 21.4. The number of hydrogen-bond acceptors (Lipinski definition) is 5. The van der Waals surface area contributed by atoms with Crippen molar-refractivity contribution < 1.29 is 28.6 Å². The normalized spacial score (nSPS) is 20.5. The molecule has 0 saturated carbocycles. The fourth-order valence-electron chi connectivity index (χ4n) is 5.27. The van der Waals surface area contributed by atoms with Gasteiger partial charge in [-0.15, -0.1) is 0 Å². The fraction of sp³-hybridized carbons (Fsp3) is 0.692. The molecule has 2 saturated heterocycles. The molecule has 2 aliphatic heterocycles. The summed E-state index contributed by atoms with van der Waals surface area (Å²) in [5, 5.41) is 17.6. The van der Waals surface area contributed by atoms with Crippen molar-refractivity contribution in [2.75, 3.05) is 53.0 Å². The van der Waals surface area contributed by atoms with E-state index in [1.54, 1.807) is 6.07 Å². The molecule has 3 atom stereocenters. The van der Waals surface area contributed by atoms with E-state index >= 15 is 0 Å². The van der Waals surface area contributed by atoms with Crippen LogP contribution < -0.4 is 16.0 Å². The van der Waals surface area contributed by atoms with E-state index in [2.05, 4.69) is 16.0 Å². The zero-order valence-corrected chi connectivity index (χ0v) is 21.4. The smallest absolute Gasteiger partial charge is 0.404 e. The van der Waals surface area contributed by atoms with Crippen LogP contribution in [0.1, 0.15) is 49.3 Å². The number of aryl methyl sites for hydroxylation is 1. The van der Waals surface area contributed by atoms with Crippen molar-refractivity contribution in [2.45, 2.75) is 51.2 Å². The number of carbonyl (C=O) groups excluding carboxylic acids is 1. The lowest BCUT2D eigenvalue weighted by atomic mass is 9.86. The van der Waals surface area contributed by atoms with E-state index in [-0.39, 0.29) is 37.0 Å². The maximum absolute atomic E-state index is 14.1. The maximum atomic E-state index is 14.1. The number of amides is 3. The number of carbonyl (C=O) groups is 2. The first-order valence-corrected chi connectivity index (χ1v) is 13.0. The number of rotatable bonds is 11. The van der Waals surface area contributed by atoms with Crippen molar-refractivity contribution in [3.05, 3.63) is 35.1 Å². The van der Waals surface area contributed by atoms with Crippen LogP contribution in [0.2, 0.25) is 0 Å². The lowest BCUT2D eigenvalue weighted by Gasteiger charge is -2.38. The summed E-state index contributed by atoms with van der Waals surface area (Å²) in [6, 6.07) is 4.58. The number of halogens is 1. The Balaban J connectivity index is 1.66. The molecular formula is C26H41FN4O5. The highest BCUT2D eigenvalue weighted by atomic mass is 19.1. The minimum Gasteiger partial charge on any atom is -0.465 e. The second-order valence-electron chi connectivity index (χ2n) is 9.87. The molecule has 0 spiro atoms. The SMILES string of the molecule is CNC[C@H](CC1CCOCC1)NC(=O)N1CCC[C@@H](C(OCCNC(=O)O)c2cc(F)ccc2C)C1. The molecule has 4 N–H and O–H groups in total. The number of nitrogens with zero attached hydrogens (tertiary/aromatic N) is 1. The largest absolute Gasteiger partial charge is 0.465 e. The highest BCUT2D eigenvalue weighted by molar-refractivity contribution is 5.74. The lowest BCUT2D eigenvalue weighted by Crippen LogP contribution is -2.52. The van der Waals surface area contributed by atoms with Crippen LogP contribution in [0.3, 0.4) is 0 Å². The average molecular weight is 509 g/mol. The van der Waals surface area contributed by atoms with Crippen LogP contribution in [0.4, 0.5) is 14.0 Å². The Morgan fingerprint density at radius 1 is 1.28 bits per heavy atom. The van der Waals surface area contributed by atoms with E-state index < -0.39 is 12.2 Å². The van der Waals surface area contributed by atoms with Crippen molar-refractivity contribution in [1.82, 2.24) is 20.9 Å². The van der Waals surface area contributed by atoms with Gasteiger partial charge in [-0.2, -0.15) is 0 Å². The minimum atomic E-state index is -1.12. The Morgan fingerprint density at radius 3 is 2.78 bits per heavy atom. The van der Waals surface area contributed by atoms with Crippen LogP contribution >= 0.6 is 0 Å². The first-order chi connectivity index (χ1) is 17.4. The fourth-order valence-corrected chi connectivity index (χ4v) is 5.27. The Hall–Kier alpha value is -2.43. The molecular weight excluding hydrogens is 467 g/mol. The van der Waals surface area contributed by atoms with Crippen LogP contribution in [-0.2, 0) is 9.47 Å². The van der Waals surface area contributed by atoms with Crippen molar-refractivity contribution in [2.24, 2.45) is 11.8 Å². The second-order valence-corrected chi connectivity index (χ2v) is 9.87. The number of likely N-dealkylation sites (tertiary alicyclic amines) is 1. The van der Waals surface area contributed by atoms with Gasteiger partial charge >= 0.3 is 12.1 Å². The van der Waals surface area contributed by atoms with E-state index in [9.17, 15) is 14.0 Å². The molecule has 9 nitrogen and oxygen atoms in total. The van der Waals surface area contributed by atoms with Crippen LogP contribution in [0, 0.1) is 24.6 Å². The van der Waals surface area contributed by atoms with Gasteiger partial charge in [-0.25, -0.2) is 14.0 Å². The summed E-state index contributed by atoms with van der Waals surface area (Å²) in [6.45, 7) is 5.60. The quantitative estimate of drug-likeness (QED) is 0.341. The number of carboxylic acid groups (broad SMARTS) is 1. The number of likely N-dealkylation sites (N-methyl/N-ethyl adjacent to an activating group) is 1. The van der Waals surface area contributed by atoms with Crippen LogP contribution in [0.15, 0.2) is 18.2 Å². The molecule has 2 aliphatic rings. The molecule has 0 aromatic heterocycles. The molecule has 2 fully saturated rings. The average Bonchev–Trinajstić information content (AvgIpc) is 2.86. The molecule has 202 valence electrons. The Labute approximate surface area is 213 Å². The van der Waals surface area contributed by atoms with E-state index in [1.807, 2.05) is 18.9 Å². The molecule has 36 heavy (non-hydrogen) atoms. The topological polar surface area (TPSA) is 112 Å². The maximum Gasteiger partial charge on any atom is 0.404 e. The summed E-state index contributed by atoms with van der Waals surface area (Å²) in [4.78, 5) is 25.9. The predicted molar refractivity (Wildman–Crippen MR) is 135 cm³/mol. The van der Waals surface area contributed by atoms with Crippen molar-refractivity contribution in [1.29, 1.82) is 0 Å².